The summed E-state index contributed by atoms with van der Waals surface area (Å²) in [5, 5.41) is 8.45. The number of nitrogens with zero attached hydrogens (tertiary/aromatic N) is 2. The topological polar surface area (TPSA) is 61.2 Å². The Morgan fingerprint density at radius 2 is 2.00 bits per heavy atom. The van der Waals surface area contributed by atoms with Gasteiger partial charge in [-0.25, -0.2) is 8.78 Å². The van der Waals surface area contributed by atoms with E-state index in [1.165, 1.54) is 0 Å². The third-order valence-corrected chi connectivity index (χ3v) is 2.22. The molecule has 0 radical (unpaired) electrons. The maximum atomic E-state index is 13.3. The first-order valence-electron chi connectivity index (χ1n) is 4.28. The van der Waals surface area contributed by atoms with Crippen LogP contribution in [-0.2, 0) is 4.79 Å². The van der Waals surface area contributed by atoms with Gasteiger partial charge in [-0.15, -0.1) is 0 Å². The first-order valence-corrected chi connectivity index (χ1v) is 4.28. The van der Waals surface area contributed by atoms with E-state index in [2.05, 4.69) is 0 Å². The number of carbonyl (C=O) groups excluding carboxylic acids is 2. The molecule has 6 heteroatoms. The van der Waals surface area contributed by atoms with Crippen LogP contribution in [0.15, 0.2) is 12.1 Å². The van der Waals surface area contributed by atoms with Gasteiger partial charge in [0, 0.05) is 6.07 Å². The van der Waals surface area contributed by atoms with E-state index in [4.69, 9.17) is 5.26 Å². The minimum atomic E-state index is -1.09. The predicted octanol–water partition coefficient (Wildman–Crippen LogP) is 1.02. The van der Waals surface area contributed by atoms with E-state index >= 15 is 0 Å². The van der Waals surface area contributed by atoms with Crippen molar-refractivity contribution in [2.45, 2.75) is 0 Å². The fourth-order valence-corrected chi connectivity index (χ4v) is 1.56. The molecule has 0 N–H and O–H groups in total. The maximum Gasteiger partial charge on any atom is 0.300 e. The van der Waals surface area contributed by atoms with Crippen LogP contribution in [0.4, 0.5) is 14.5 Å². The number of hydrogen-bond donors (Lipinski definition) is 0. The average Bonchev–Trinajstić information content (AvgIpc) is 2.44. The van der Waals surface area contributed by atoms with Crippen LogP contribution in [0, 0.1) is 23.0 Å². The Kier molecular flexibility index (Phi) is 2.16. The lowest BCUT2D eigenvalue weighted by Gasteiger charge is -2.11. The van der Waals surface area contributed by atoms with Gasteiger partial charge in [-0.05, 0) is 6.07 Å². The van der Waals surface area contributed by atoms with Gasteiger partial charge in [0.15, 0.2) is 0 Å². The van der Waals surface area contributed by atoms with Crippen molar-refractivity contribution in [3.63, 3.8) is 0 Å². The molecule has 0 unspecified atom stereocenters. The zero-order chi connectivity index (χ0) is 11.9. The normalized spacial score (nSPS) is 13.9. The molecule has 0 saturated heterocycles. The molecule has 1 aromatic rings. The largest absolute Gasteiger partial charge is 0.300 e. The van der Waals surface area contributed by atoms with E-state index in [9.17, 15) is 18.4 Å². The Labute approximate surface area is 88.7 Å². The Balaban J connectivity index is 2.66. The number of fused-ring (bicyclic) bond motifs is 1. The van der Waals surface area contributed by atoms with Gasteiger partial charge in [-0.2, -0.15) is 5.26 Å². The highest BCUT2D eigenvalue weighted by Crippen LogP contribution is 2.31. The molecular formula is C10H4F2N2O2. The summed E-state index contributed by atoms with van der Waals surface area (Å²) in [5.74, 6) is -4.06. The van der Waals surface area contributed by atoms with E-state index in [1.807, 2.05) is 0 Å². The molecule has 2 rings (SSSR count). The summed E-state index contributed by atoms with van der Waals surface area (Å²) in [4.78, 5) is 23.5. The van der Waals surface area contributed by atoms with E-state index in [0.717, 1.165) is 11.0 Å². The second kappa shape index (κ2) is 3.38. The number of halogens is 2. The third-order valence-electron chi connectivity index (χ3n) is 2.22. The van der Waals surface area contributed by atoms with Crippen molar-refractivity contribution < 1.29 is 18.4 Å². The molecule has 1 aromatic carbocycles. The van der Waals surface area contributed by atoms with E-state index in [0.29, 0.717) is 6.07 Å². The molecule has 0 spiro atoms. The van der Waals surface area contributed by atoms with Crippen LogP contribution in [-0.4, -0.2) is 18.2 Å². The highest BCUT2D eigenvalue weighted by Gasteiger charge is 2.38. The number of rotatable bonds is 1. The summed E-state index contributed by atoms with van der Waals surface area (Å²) in [6.45, 7) is -0.416. The van der Waals surface area contributed by atoms with Gasteiger partial charge in [-0.1, -0.05) is 0 Å². The summed E-state index contributed by atoms with van der Waals surface area (Å²) in [5.41, 5.74) is -0.657. The lowest BCUT2D eigenvalue weighted by Crippen LogP contribution is -2.29. The molecular weight excluding hydrogens is 218 g/mol. The van der Waals surface area contributed by atoms with Crippen molar-refractivity contribution in [2.24, 2.45) is 0 Å². The minimum absolute atomic E-state index is 0.186. The predicted molar refractivity (Wildman–Crippen MR) is 48.7 cm³/mol. The van der Waals surface area contributed by atoms with Crippen LogP contribution < -0.4 is 4.90 Å². The van der Waals surface area contributed by atoms with Crippen molar-refractivity contribution in [2.75, 3.05) is 11.4 Å². The first kappa shape index (κ1) is 10.2. The molecule has 0 saturated carbocycles. The van der Waals surface area contributed by atoms with Gasteiger partial charge in [0.1, 0.15) is 18.2 Å². The molecule has 1 amide bonds. The Bertz CT molecular complexity index is 548. The summed E-state index contributed by atoms with van der Waals surface area (Å²) in [6.07, 6.45) is 0. The van der Waals surface area contributed by atoms with Crippen LogP contribution >= 0.6 is 0 Å². The Hall–Kier alpha value is -2.29. The van der Waals surface area contributed by atoms with Crippen LogP contribution in [0.25, 0.3) is 0 Å². The highest BCUT2D eigenvalue weighted by molar-refractivity contribution is 6.52. The number of hydrogen-bond acceptors (Lipinski definition) is 3. The van der Waals surface area contributed by atoms with Crippen LogP contribution in [0.2, 0.25) is 0 Å². The second-order valence-corrected chi connectivity index (χ2v) is 3.16. The molecule has 4 nitrogen and oxygen atoms in total. The maximum absolute atomic E-state index is 13.3. The number of benzene rings is 1. The van der Waals surface area contributed by atoms with E-state index < -0.39 is 35.4 Å². The van der Waals surface area contributed by atoms with Gasteiger partial charge >= 0.3 is 5.91 Å². The van der Waals surface area contributed by atoms with Gasteiger partial charge in [-0.3, -0.25) is 14.5 Å². The molecule has 0 fully saturated rings. The van der Waals surface area contributed by atoms with Crippen molar-refractivity contribution in [1.29, 1.82) is 5.26 Å². The van der Waals surface area contributed by atoms with Gasteiger partial charge < -0.3 is 0 Å². The van der Waals surface area contributed by atoms with Crippen molar-refractivity contribution >= 4 is 17.4 Å². The lowest BCUT2D eigenvalue weighted by molar-refractivity contribution is -0.114. The van der Waals surface area contributed by atoms with E-state index in [-0.39, 0.29) is 5.69 Å². The van der Waals surface area contributed by atoms with Gasteiger partial charge in [0.25, 0.3) is 5.78 Å². The first-order chi connectivity index (χ1) is 7.56. The van der Waals surface area contributed by atoms with Crippen molar-refractivity contribution in [3.05, 3.63) is 29.3 Å². The zero-order valence-corrected chi connectivity index (χ0v) is 7.83. The zero-order valence-electron chi connectivity index (χ0n) is 7.83. The highest BCUT2D eigenvalue weighted by atomic mass is 19.1. The number of ketones is 1. The molecule has 1 heterocycles. The molecule has 1 aliphatic rings. The number of amides is 1. The summed E-state index contributed by atoms with van der Waals surface area (Å²) in [6, 6.07) is 3.04. The SMILES string of the molecule is N#CCN1C(=O)C(=O)c2c(F)cc(F)cc21. The Morgan fingerprint density at radius 1 is 1.31 bits per heavy atom. The fourth-order valence-electron chi connectivity index (χ4n) is 1.56. The average molecular weight is 222 g/mol. The van der Waals surface area contributed by atoms with Crippen LogP contribution in [0.5, 0.6) is 0 Å². The van der Waals surface area contributed by atoms with Crippen LogP contribution in [0.3, 0.4) is 0 Å². The van der Waals surface area contributed by atoms with Gasteiger partial charge in [0.05, 0.1) is 17.3 Å². The molecule has 0 aromatic heterocycles. The lowest BCUT2D eigenvalue weighted by atomic mass is 10.1. The second-order valence-electron chi connectivity index (χ2n) is 3.16. The molecule has 80 valence electrons. The fraction of sp³-hybridized carbons (Fsp3) is 0.100. The third kappa shape index (κ3) is 1.26. The molecule has 0 aliphatic carbocycles. The summed E-state index contributed by atoms with van der Waals surface area (Å²) < 4.78 is 26.2. The summed E-state index contributed by atoms with van der Waals surface area (Å²) >= 11 is 0. The monoisotopic (exact) mass is 222 g/mol. The quantitative estimate of drug-likeness (QED) is 0.526. The van der Waals surface area contributed by atoms with Gasteiger partial charge in [0.2, 0.25) is 0 Å². The molecule has 1 aliphatic heterocycles. The van der Waals surface area contributed by atoms with Crippen molar-refractivity contribution in [3.8, 4) is 6.07 Å². The minimum Gasteiger partial charge on any atom is -0.291 e. The Morgan fingerprint density at radius 3 is 2.62 bits per heavy atom. The standard InChI is InChI=1S/C10H4F2N2O2/c11-5-3-6(12)8-7(4-5)14(2-1-13)10(16)9(8)15/h3-4H,2H2. The van der Waals surface area contributed by atoms with E-state index in [1.54, 1.807) is 6.07 Å². The number of anilines is 1. The molecule has 16 heavy (non-hydrogen) atoms. The van der Waals surface area contributed by atoms with Crippen LogP contribution in [0.1, 0.15) is 10.4 Å². The number of Topliss-reactive ketones (excluding diaryl/α,β-unsaturated/α-hetero) is 1. The number of nitriles is 1. The smallest absolute Gasteiger partial charge is 0.291 e. The molecule has 0 bridgehead atoms. The summed E-state index contributed by atoms with van der Waals surface area (Å²) in [7, 11) is 0. The van der Waals surface area contributed by atoms with Crippen molar-refractivity contribution in [1.82, 2.24) is 0 Å². The molecule has 0 atom stereocenters. The number of carbonyl (C=O) groups is 2.